The fourth-order valence-electron chi connectivity index (χ4n) is 1.51. The Morgan fingerprint density at radius 2 is 2.16 bits per heavy atom. The van der Waals surface area contributed by atoms with Gasteiger partial charge in [-0.1, -0.05) is 15.9 Å². The lowest BCUT2D eigenvalue weighted by molar-refractivity contribution is 0.0696. The van der Waals surface area contributed by atoms with Crippen molar-refractivity contribution in [1.29, 1.82) is 0 Å². The Morgan fingerprint density at radius 1 is 1.37 bits per heavy atom. The number of rotatable bonds is 4. The molecule has 0 atom stereocenters. The summed E-state index contributed by atoms with van der Waals surface area (Å²) in [7, 11) is 1.58. The summed E-state index contributed by atoms with van der Waals surface area (Å²) in [5.74, 6) is 0.216. The first kappa shape index (κ1) is 13.4. The van der Waals surface area contributed by atoms with E-state index >= 15 is 0 Å². The first-order chi connectivity index (χ1) is 9.10. The molecule has 0 unspecified atom stereocenters. The molecule has 19 heavy (non-hydrogen) atoms. The molecule has 0 fully saturated rings. The summed E-state index contributed by atoms with van der Waals surface area (Å²) in [5, 5.41) is 11.9. The Morgan fingerprint density at radius 3 is 2.74 bits per heavy atom. The third kappa shape index (κ3) is 3.23. The Kier molecular flexibility index (Phi) is 4.01. The highest BCUT2D eigenvalue weighted by Crippen LogP contribution is 2.30. The quantitative estimate of drug-likeness (QED) is 0.903. The Labute approximate surface area is 118 Å². The topological polar surface area (TPSA) is 71.5 Å². The van der Waals surface area contributed by atoms with Crippen molar-refractivity contribution in [2.45, 2.75) is 0 Å². The molecule has 0 aliphatic heterocycles. The maximum absolute atomic E-state index is 10.7. The molecule has 0 aliphatic rings. The molecule has 98 valence electrons. The predicted molar refractivity (Wildman–Crippen MR) is 75.2 cm³/mol. The number of hydrogen-bond donors (Lipinski definition) is 2. The van der Waals surface area contributed by atoms with Gasteiger partial charge in [0.1, 0.15) is 11.6 Å². The number of nitrogens with one attached hydrogen (secondary N) is 1. The fourth-order valence-corrected chi connectivity index (χ4v) is 1.87. The smallest absolute Gasteiger partial charge is 0.337 e. The van der Waals surface area contributed by atoms with Gasteiger partial charge >= 0.3 is 5.97 Å². The molecule has 2 N–H and O–H groups in total. The molecule has 2 aromatic rings. The van der Waals surface area contributed by atoms with Gasteiger partial charge in [-0.25, -0.2) is 9.78 Å². The molecule has 0 radical (unpaired) electrons. The zero-order valence-corrected chi connectivity index (χ0v) is 11.6. The summed E-state index contributed by atoms with van der Waals surface area (Å²) in [6, 6.07) is 8.63. The summed E-state index contributed by atoms with van der Waals surface area (Å²) in [6.07, 6.45) is 1.30. The van der Waals surface area contributed by atoms with Gasteiger partial charge in [-0.05, 0) is 30.3 Å². The number of ether oxygens (including phenoxy) is 1. The van der Waals surface area contributed by atoms with E-state index in [1.54, 1.807) is 13.2 Å². The Balaban J connectivity index is 2.25. The van der Waals surface area contributed by atoms with Crippen LogP contribution in [0.25, 0.3) is 0 Å². The van der Waals surface area contributed by atoms with Gasteiger partial charge in [0, 0.05) is 10.7 Å². The largest absolute Gasteiger partial charge is 0.495 e. The summed E-state index contributed by atoms with van der Waals surface area (Å²) >= 11 is 3.38. The minimum Gasteiger partial charge on any atom is -0.495 e. The van der Waals surface area contributed by atoms with Crippen LogP contribution in [-0.4, -0.2) is 23.2 Å². The van der Waals surface area contributed by atoms with Crippen molar-refractivity contribution < 1.29 is 14.6 Å². The normalized spacial score (nSPS) is 10.0. The van der Waals surface area contributed by atoms with Crippen molar-refractivity contribution in [3.63, 3.8) is 0 Å². The molecule has 2 rings (SSSR count). The molecule has 5 nitrogen and oxygen atoms in total. The molecule has 0 spiro atoms. The van der Waals surface area contributed by atoms with Crippen molar-refractivity contribution in [1.82, 2.24) is 4.98 Å². The highest BCUT2D eigenvalue weighted by atomic mass is 79.9. The van der Waals surface area contributed by atoms with Crippen LogP contribution in [0.5, 0.6) is 5.75 Å². The van der Waals surface area contributed by atoms with Crippen LogP contribution in [0.1, 0.15) is 10.4 Å². The minimum atomic E-state index is -1.00. The number of carbonyl (C=O) groups is 1. The number of halogens is 1. The SMILES string of the molecule is COc1ccc(Br)cc1Nc1ccc(C(=O)O)cn1. The number of aromatic carboxylic acids is 1. The number of methoxy groups -OCH3 is 1. The lowest BCUT2D eigenvalue weighted by Gasteiger charge is -2.11. The number of carboxylic acid groups (broad SMARTS) is 1. The maximum Gasteiger partial charge on any atom is 0.337 e. The van der Waals surface area contributed by atoms with E-state index in [-0.39, 0.29) is 5.56 Å². The summed E-state index contributed by atoms with van der Waals surface area (Å²) < 4.78 is 6.13. The monoisotopic (exact) mass is 322 g/mol. The summed E-state index contributed by atoms with van der Waals surface area (Å²) in [6.45, 7) is 0. The van der Waals surface area contributed by atoms with Crippen molar-refractivity contribution >= 4 is 33.4 Å². The van der Waals surface area contributed by atoms with E-state index in [1.165, 1.54) is 12.3 Å². The molecule has 0 saturated heterocycles. The first-order valence-electron chi connectivity index (χ1n) is 5.40. The second-order valence-electron chi connectivity index (χ2n) is 3.71. The van der Waals surface area contributed by atoms with Crippen molar-refractivity contribution in [3.05, 3.63) is 46.6 Å². The molecule has 0 saturated carbocycles. The standard InChI is InChI=1S/C13H11BrN2O3/c1-19-11-4-3-9(14)6-10(11)16-12-5-2-8(7-15-12)13(17)18/h2-7H,1H3,(H,15,16)(H,17,18). The summed E-state index contributed by atoms with van der Waals surface area (Å²) in [5.41, 5.74) is 0.888. The van der Waals surface area contributed by atoms with Crippen LogP contribution in [-0.2, 0) is 0 Å². The predicted octanol–water partition coefficient (Wildman–Crippen LogP) is 3.29. The van der Waals surface area contributed by atoms with E-state index in [9.17, 15) is 4.79 Å². The van der Waals surface area contributed by atoms with E-state index in [0.29, 0.717) is 11.6 Å². The Bertz CT molecular complexity index is 599. The lowest BCUT2D eigenvalue weighted by Crippen LogP contribution is -2.00. The highest BCUT2D eigenvalue weighted by molar-refractivity contribution is 9.10. The van der Waals surface area contributed by atoms with Crippen LogP contribution in [0.3, 0.4) is 0 Å². The Hall–Kier alpha value is -2.08. The molecular formula is C13H11BrN2O3. The third-order valence-electron chi connectivity index (χ3n) is 2.43. The van der Waals surface area contributed by atoms with Gasteiger partial charge in [0.2, 0.25) is 0 Å². The fraction of sp³-hybridized carbons (Fsp3) is 0.0769. The van der Waals surface area contributed by atoms with Crippen molar-refractivity contribution in [2.24, 2.45) is 0 Å². The second kappa shape index (κ2) is 5.71. The van der Waals surface area contributed by atoms with Crippen LogP contribution < -0.4 is 10.1 Å². The van der Waals surface area contributed by atoms with Crippen LogP contribution in [0.15, 0.2) is 41.0 Å². The van der Waals surface area contributed by atoms with E-state index in [4.69, 9.17) is 9.84 Å². The van der Waals surface area contributed by atoms with Gasteiger partial charge in [0.05, 0.1) is 18.4 Å². The van der Waals surface area contributed by atoms with E-state index in [2.05, 4.69) is 26.2 Å². The zero-order chi connectivity index (χ0) is 13.8. The number of anilines is 2. The third-order valence-corrected chi connectivity index (χ3v) is 2.93. The van der Waals surface area contributed by atoms with Crippen LogP contribution in [0.2, 0.25) is 0 Å². The maximum atomic E-state index is 10.7. The van der Waals surface area contributed by atoms with Crippen LogP contribution in [0.4, 0.5) is 11.5 Å². The van der Waals surface area contributed by atoms with Gasteiger partial charge in [0.15, 0.2) is 0 Å². The van der Waals surface area contributed by atoms with Crippen LogP contribution in [0, 0.1) is 0 Å². The average Bonchev–Trinajstić information content (AvgIpc) is 2.39. The molecule has 1 aromatic heterocycles. The van der Waals surface area contributed by atoms with E-state index < -0.39 is 5.97 Å². The van der Waals surface area contributed by atoms with E-state index in [1.807, 2.05) is 18.2 Å². The molecule has 0 amide bonds. The van der Waals surface area contributed by atoms with Crippen molar-refractivity contribution in [2.75, 3.05) is 12.4 Å². The molecule has 1 aromatic carbocycles. The second-order valence-corrected chi connectivity index (χ2v) is 4.62. The first-order valence-corrected chi connectivity index (χ1v) is 6.19. The molecule has 1 heterocycles. The van der Waals surface area contributed by atoms with Crippen molar-refractivity contribution in [3.8, 4) is 5.75 Å². The van der Waals surface area contributed by atoms with Gasteiger partial charge in [-0.15, -0.1) is 0 Å². The number of hydrogen-bond acceptors (Lipinski definition) is 4. The molecular weight excluding hydrogens is 312 g/mol. The van der Waals surface area contributed by atoms with Gasteiger partial charge in [-0.2, -0.15) is 0 Å². The molecule has 6 heteroatoms. The number of benzene rings is 1. The highest BCUT2D eigenvalue weighted by Gasteiger charge is 2.06. The van der Waals surface area contributed by atoms with Gasteiger partial charge < -0.3 is 15.2 Å². The number of nitrogens with zero attached hydrogens (tertiary/aromatic N) is 1. The molecule has 0 bridgehead atoms. The lowest BCUT2D eigenvalue weighted by atomic mass is 10.2. The van der Waals surface area contributed by atoms with Gasteiger partial charge in [0.25, 0.3) is 0 Å². The number of aromatic nitrogens is 1. The van der Waals surface area contributed by atoms with Crippen LogP contribution >= 0.6 is 15.9 Å². The van der Waals surface area contributed by atoms with Gasteiger partial charge in [-0.3, -0.25) is 0 Å². The summed E-state index contributed by atoms with van der Waals surface area (Å²) in [4.78, 5) is 14.8. The van der Waals surface area contributed by atoms with E-state index in [0.717, 1.165) is 10.2 Å². The average molecular weight is 323 g/mol. The minimum absolute atomic E-state index is 0.145. The number of pyridine rings is 1. The zero-order valence-electron chi connectivity index (χ0n) is 10.1. The number of carboxylic acids is 1. The molecule has 0 aliphatic carbocycles.